The van der Waals surface area contributed by atoms with Gasteiger partial charge in [-0.15, -0.1) is 0 Å². The smallest absolute Gasteiger partial charge is 0.241 e. The molecule has 3 rings (SSSR count). The minimum absolute atomic E-state index is 0.204. The van der Waals surface area contributed by atoms with Crippen LogP contribution in [0, 0.1) is 0 Å². The third-order valence-electron chi connectivity index (χ3n) is 3.64. The Morgan fingerprint density at radius 1 is 1.25 bits per heavy atom. The summed E-state index contributed by atoms with van der Waals surface area (Å²) in [5.41, 5.74) is 3.33. The molecule has 6 nitrogen and oxygen atoms in total. The average Bonchev–Trinajstić information content (AvgIpc) is 2.49. The van der Waals surface area contributed by atoms with E-state index in [0.29, 0.717) is 11.8 Å². The second-order valence-corrected chi connectivity index (χ2v) is 5.13. The SMILES string of the molecule is CN1CCC(Oc2nc(NN)nc3ccccc23)CC1. The van der Waals surface area contributed by atoms with Crippen LogP contribution in [0.1, 0.15) is 12.8 Å². The molecule has 3 N–H and O–H groups in total. The number of nitrogens with two attached hydrogens (primary N) is 1. The van der Waals surface area contributed by atoms with Crippen molar-refractivity contribution in [2.24, 2.45) is 5.84 Å². The fraction of sp³-hybridized carbons (Fsp3) is 0.429. The molecule has 0 amide bonds. The molecule has 0 atom stereocenters. The van der Waals surface area contributed by atoms with Crippen molar-refractivity contribution in [3.8, 4) is 5.88 Å². The van der Waals surface area contributed by atoms with Crippen molar-refractivity contribution >= 4 is 16.9 Å². The highest BCUT2D eigenvalue weighted by molar-refractivity contribution is 5.84. The molecule has 1 aliphatic rings. The molecule has 20 heavy (non-hydrogen) atoms. The number of likely N-dealkylation sites (tertiary alicyclic amines) is 1. The van der Waals surface area contributed by atoms with E-state index in [1.54, 1.807) is 0 Å². The molecular weight excluding hydrogens is 254 g/mol. The zero-order valence-corrected chi connectivity index (χ0v) is 11.5. The fourth-order valence-corrected chi connectivity index (χ4v) is 2.46. The van der Waals surface area contributed by atoms with Crippen LogP contribution in [0.3, 0.4) is 0 Å². The number of hydrazine groups is 1. The Bertz CT molecular complexity index is 595. The van der Waals surface area contributed by atoms with Crippen LogP contribution < -0.4 is 16.0 Å². The first-order valence-corrected chi connectivity index (χ1v) is 6.85. The van der Waals surface area contributed by atoms with E-state index >= 15 is 0 Å². The minimum atomic E-state index is 0.204. The molecule has 1 saturated heterocycles. The molecule has 2 heterocycles. The summed E-state index contributed by atoms with van der Waals surface area (Å²) in [7, 11) is 2.13. The van der Waals surface area contributed by atoms with Gasteiger partial charge in [0.15, 0.2) is 0 Å². The van der Waals surface area contributed by atoms with Crippen LogP contribution in [0.15, 0.2) is 24.3 Å². The van der Waals surface area contributed by atoms with E-state index in [-0.39, 0.29) is 6.10 Å². The Hall–Kier alpha value is -1.92. The Morgan fingerprint density at radius 3 is 2.75 bits per heavy atom. The second-order valence-electron chi connectivity index (χ2n) is 5.13. The summed E-state index contributed by atoms with van der Waals surface area (Å²) in [5, 5.41) is 0.922. The van der Waals surface area contributed by atoms with Gasteiger partial charge in [-0.1, -0.05) is 12.1 Å². The van der Waals surface area contributed by atoms with Crippen molar-refractivity contribution < 1.29 is 4.74 Å². The van der Waals surface area contributed by atoms with E-state index in [1.807, 2.05) is 24.3 Å². The highest BCUT2D eigenvalue weighted by atomic mass is 16.5. The topological polar surface area (TPSA) is 76.3 Å². The number of para-hydroxylation sites is 1. The van der Waals surface area contributed by atoms with Crippen LogP contribution in [0.2, 0.25) is 0 Å². The van der Waals surface area contributed by atoms with Gasteiger partial charge in [0.2, 0.25) is 11.8 Å². The van der Waals surface area contributed by atoms with Gasteiger partial charge in [0.1, 0.15) is 6.10 Å². The Labute approximate surface area is 117 Å². The maximum atomic E-state index is 6.09. The number of nitrogen functional groups attached to an aromatic ring is 1. The normalized spacial score (nSPS) is 17.3. The van der Waals surface area contributed by atoms with Gasteiger partial charge in [0, 0.05) is 13.1 Å². The molecule has 0 radical (unpaired) electrons. The third kappa shape index (κ3) is 2.66. The molecule has 106 valence electrons. The summed E-state index contributed by atoms with van der Waals surface area (Å²) >= 11 is 0. The minimum Gasteiger partial charge on any atom is -0.474 e. The number of nitrogens with one attached hydrogen (secondary N) is 1. The lowest BCUT2D eigenvalue weighted by Gasteiger charge is -2.29. The van der Waals surface area contributed by atoms with Crippen LogP contribution in [-0.4, -0.2) is 41.1 Å². The number of anilines is 1. The molecule has 2 aromatic rings. The zero-order valence-electron chi connectivity index (χ0n) is 11.5. The maximum absolute atomic E-state index is 6.09. The summed E-state index contributed by atoms with van der Waals surface area (Å²) in [4.78, 5) is 11.0. The lowest BCUT2D eigenvalue weighted by molar-refractivity contribution is 0.111. The third-order valence-corrected chi connectivity index (χ3v) is 3.64. The van der Waals surface area contributed by atoms with E-state index in [1.165, 1.54) is 0 Å². The van der Waals surface area contributed by atoms with Crippen LogP contribution in [-0.2, 0) is 0 Å². The van der Waals surface area contributed by atoms with Crippen molar-refractivity contribution in [2.45, 2.75) is 18.9 Å². The lowest BCUT2D eigenvalue weighted by atomic mass is 10.1. The second kappa shape index (κ2) is 5.60. The molecule has 1 aliphatic heterocycles. The summed E-state index contributed by atoms with van der Waals surface area (Å²) in [6.07, 6.45) is 2.23. The van der Waals surface area contributed by atoms with E-state index in [2.05, 4.69) is 27.3 Å². The molecular formula is C14H19N5O. The first-order valence-electron chi connectivity index (χ1n) is 6.85. The van der Waals surface area contributed by atoms with Crippen molar-refractivity contribution in [3.63, 3.8) is 0 Å². The highest BCUT2D eigenvalue weighted by Crippen LogP contribution is 2.26. The monoisotopic (exact) mass is 273 g/mol. The number of aromatic nitrogens is 2. The van der Waals surface area contributed by atoms with Crippen LogP contribution in [0.25, 0.3) is 10.9 Å². The Morgan fingerprint density at radius 2 is 2.00 bits per heavy atom. The molecule has 0 saturated carbocycles. The molecule has 0 unspecified atom stereocenters. The zero-order chi connectivity index (χ0) is 13.9. The van der Waals surface area contributed by atoms with Gasteiger partial charge in [-0.3, -0.25) is 5.43 Å². The number of benzene rings is 1. The number of hydrogen-bond donors (Lipinski definition) is 2. The van der Waals surface area contributed by atoms with Crippen molar-refractivity contribution in [3.05, 3.63) is 24.3 Å². The first kappa shape index (κ1) is 13.1. The van der Waals surface area contributed by atoms with Gasteiger partial charge < -0.3 is 9.64 Å². The largest absolute Gasteiger partial charge is 0.474 e. The Balaban J connectivity index is 1.89. The van der Waals surface area contributed by atoms with Gasteiger partial charge in [0.05, 0.1) is 10.9 Å². The first-order chi connectivity index (χ1) is 9.76. The van der Waals surface area contributed by atoms with E-state index in [4.69, 9.17) is 10.6 Å². The fourth-order valence-electron chi connectivity index (χ4n) is 2.46. The van der Waals surface area contributed by atoms with Gasteiger partial charge in [-0.25, -0.2) is 10.8 Å². The number of nitrogens with zero attached hydrogens (tertiary/aromatic N) is 3. The van der Waals surface area contributed by atoms with Crippen LogP contribution in [0.4, 0.5) is 5.95 Å². The number of ether oxygens (including phenoxy) is 1. The van der Waals surface area contributed by atoms with E-state index < -0.39 is 0 Å². The molecule has 1 fully saturated rings. The summed E-state index contributed by atoms with van der Waals surface area (Å²) in [5.74, 6) is 6.41. The number of rotatable bonds is 3. The molecule has 1 aromatic heterocycles. The number of fused-ring (bicyclic) bond motifs is 1. The van der Waals surface area contributed by atoms with Gasteiger partial charge in [0.25, 0.3) is 0 Å². The van der Waals surface area contributed by atoms with Gasteiger partial charge in [-0.2, -0.15) is 4.98 Å². The predicted octanol–water partition coefficient (Wildman–Crippen LogP) is 1.39. The molecule has 0 bridgehead atoms. The molecule has 0 spiro atoms. The summed E-state index contributed by atoms with van der Waals surface area (Å²) in [6.45, 7) is 2.10. The van der Waals surface area contributed by atoms with E-state index in [0.717, 1.165) is 36.8 Å². The standard InChI is InChI=1S/C14H19N5O/c1-19-8-6-10(7-9-19)20-13-11-4-2-3-5-12(11)16-14(17-13)18-15/h2-5,10H,6-9,15H2,1H3,(H,16,17,18). The lowest BCUT2D eigenvalue weighted by Crippen LogP contribution is -2.35. The summed E-state index contributed by atoms with van der Waals surface area (Å²) < 4.78 is 6.09. The predicted molar refractivity (Wildman–Crippen MR) is 78.5 cm³/mol. The highest BCUT2D eigenvalue weighted by Gasteiger charge is 2.20. The molecule has 1 aromatic carbocycles. The molecule has 0 aliphatic carbocycles. The average molecular weight is 273 g/mol. The van der Waals surface area contributed by atoms with Crippen LogP contribution >= 0.6 is 0 Å². The number of piperidine rings is 1. The van der Waals surface area contributed by atoms with Gasteiger partial charge >= 0.3 is 0 Å². The maximum Gasteiger partial charge on any atom is 0.241 e. The molecule has 6 heteroatoms. The quantitative estimate of drug-likeness (QED) is 0.650. The van der Waals surface area contributed by atoms with E-state index in [9.17, 15) is 0 Å². The van der Waals surface area contributed by atoms with Gasteiger partial charge in [-0.05, 0) is 32.0 Å². The Kier molecular flexibility index (Phi) is 3.66. The van der Waals surface area contributed by atoms with Crippen molar-refractivity contribution in [2.75, 3.05) is 25.6 Å². The van der Waals surface area contributed by atoms with Crippen LogP contribution in [0.5, 0.6) is 5.88 Å². The summed E-state index contributed by atoms with van der Waals surface area (Å²) in [6, 6.07) is 7.80. The van der Waals surface area contributed by atoms with Crippen molar-refractivity contribution in [1.82, 2.24) is 14.9 Å². The number of hydrogen-bond acceptors (Lipinski definition) is 6. The van der Waals surface area contributed by atoms with Crippen molar-refractivity contribution in [1.29, 1.82) is 0 Å².